The van der Waals surface area contributed by atoms with E-state index in [1.54, 1.807) is 12.8 Å². The quantitative estimate of drug-likeness (QED) is 0.404. The second-order valence-corrected chi connectivity index (χ2v) is 26.0. The smallest absolute Gasteiger partial charge is 0.0624 e. The van der Waals surface area contributed by atoms with Gasteiger partial charge in [0.2, 0.25) is 0 Å². The predicted octanol–water partition coefficient (Wildman–Crippen LogP) is 0.723. The molecule has 0 heterocycles. The summed E-state index contributed by atoms with van der Waals surface area (Å²) >= 11 is 0. The molecule has 4 heteroatoms. The fraction of sp³-hybridized carbons (Fsp3) is 1.00. The van der Waals surface area contributed by atoms with Crippen molar-refractivity contribution in [3.05, 3.63) is 0 Å². The molecule has 16 spiro atoms. The number of hydrogen-bond donors (Lipinski definition) is 0. The number of hydrogen-bond acceptors (Lipinski definition) is 0. The summed E-state index contributed by atoms with van der Waals surface area (Å²) in [5.41, 5.74) is 16.2. The molecule has 0 aliphatic heterocycles. The van der Waals surface area contributed by atoms with Gasteiger partial charge in [-0.05, 0) is 193 Å². The molecule has 0 nitrogen and oxygen atoms in total. The van der Waals surface area contributed by atoms with Crippen LogP contribution < -0.4 is 0 Å². The zero-order valence-corrected chi connectivity index (χ0v) is 25.5. The minimum absolute atomic E-state index is 0.722. The van der Waals surface area contributed by atoms with Gasteiger partial charge in [-0.3, -0.25) is 0 Å². The summed E-state index contributed by atoms with van der Waals surface area (Å²) in [4.78, 5) is 0. The summed E-state index contributed by atoms with van der Waals surface area (Å²) in [5, 5.41) is 2.91. The fourth-order valence-corrected chi connectivity index (χ4v) is 42.0. The standard InChI is InChI=1S/C38H32B4/c1-5-11-17-15-9-3-7-13-14-8-4-10-16-18-12-6(2)30(40)28(12)26(18)24(16)20(8,10)22(14)21(13)19(7,9)23(15)25(17)27(11)29(5,39)37(41)35(27)33(25)31(21,23)32(22,24)34(26,33)36(28,35)38(30,37)42/h5-18H,3-4,39-42H2,1-2H3. The fourth-order valence-electron chi connectivity index (χ4n) is 42.0. The van der Waals surface area contributed by atoms with Crippen LogP contribution in [0.2, 0.25) is 21.3 Å². The highest BCUT2D eigenvalue weighted by molar-refractivity contribution is 6.47. The SMILES string of the molecule is BC12C(C)C3C4C5C6CC7C8C9C%10CC%11C%12C%13C%14C(C)C%15(B)C%16(B)C1(B)C1%17C32C42C53C76C84C95C%10%11C%126C%137C%14%15C%161C71C56C43C2%171. The molecule has 25 saturated carbocycles. The highest BCUT2D eigenvalue weighted by Crippen LogP contribution is 3.67. The molecule has 42 heavy (non-hydrogen) atoms. The van der Waals surface area contributed by atoms with Gasteiger partial charge in [0.15, 0.2) is 0 Å². The van der Waals surface area contributed by atoms with Crippen molar-refractivity contribution < 1.29 is 0 Å². The first-order valence-electron chi connectivity index (χ1n) is 20.2. The summed E-state index contributed by atoms with van der Waals surface area (Å²) in [7, 11) is 12.4. The molecule has 0 aromatic carbocycles. The van der Waals surface area contributed by atoms with Crippen LogP contribution in [0.5, 0.6) is 0 Å². The normalized spacial score (nSPS) is 129. The second kappa shape index (κ2) is 2.48. The lowest BCUT2D eigenvalue weighted by Crippen LogP contribution is -3.61. The van der Waals surface area contributed by atoms with Crippen LogP contribution in [-0.4, -0.2) is 31.4 Å². The van der Waals surface area contributed by atoms with E-state index in [1.807, 2.05) is 0 Å². The second-order valence-electron chi connectivity index (χ2n) is 26.0. The van der Waals surface area contributed by atoms with E-state index in [1.165, 1.54) is 71.0 Å². The van der Waals surface area contributed by atoms with E-state index in [0.717, 1.165) is 120 Å². The van der Waals surface area contributed by atoms with Crippen molar-refractivity contribution >= 4 is 31.4 Å². The predicted molar refractivity (Wildman–Crippen MR) is 153 cm³/mol. The third-order valence-electron chi connectivity index (χ3n) is 34.5. The van der Waals surface area contributed by atoms with Gasteiger partial charge < -0.3 is 0 Å². The van der Waals surface area contributed by atoms with Crippen molar-refractivity contribution in [2.45, 2.75) is 47.9 Å². The van der Waals surface area contributed by atoms with Gasteiger partial charge in [0.05, 0.1) is 0 Å². The van der Waals surface area contributed by atoms with Crippen molar-refractivity contribution in [1.29, 1.82) is 0 Å². The van der Waals surface area contributed by atoms with Crippen molar-refractivity contribution in [2.75, 3.05) is 0 Å². The molecule has 25 aliphatic carbocycles. The Morgan fingerprint density at radius 2 is 0.738 bits per heavy atom. The van der Waals surface area contributed by atoms with E-state index in [4.69, 9.17) is 0 Å². The molecule has 25 aliphatic rings. The molecule has 25 rings (SSSR count). The van der Waals surface area contributed by atoms with E-state index >= 15 is 0 Å². The van der Waals surface area contributed by atoms with E-state index in [9.17, 15) is 0 Å². The van der Waals surface area contributed by atoms with Crippen molar-refractivity contribution in [3.63, 3.8) is 0 Å². The molecule has 0 bridgehead atoms. The third kappa shape index (κ3) is 0.360. The average molecular weight is 532 g/mol. The van der Waals surface area contributed by atoms with Crippen LogP contribution in [0, 0.1) is 169 Å². The Hall–Kier alpha value is 0.260. The summed E-state index contributed by atoms with van der Waals surface area (Å²) < 4.78 is 0. The van der Waals surface area contributed by atoms with Crippen LogP contribution in [0.4, 0.5) is 0 Å². The monoisotopic (exact) mass is 532 g/mol. The first kappa shape index (κ1) is 16.4. The first-order chi connectivity index (χ1) is 20.2. The largest absolute Gasteiger partial charge is 0.110 e. The lowest BCUT2D eigenvalue weighted by atomic mass is 8.38. The number of rotatable bonds is 0. The molecule has 34 atom stereocenters. The van der Waals surface area contributed by atoms with Gasteiger partial charge in [-0.2, -0.15) is 0 Å². The average Bonchev–Trinajstić information content (AvgIpc) is 2.88. The Bertz CT molecular complexity index is 2160. The van der Waals surface area contributed by atoms with Crippen LogP contribution in [0.25, 0.3) is 0 Å². The molecule has 0 saturated heterocycles. The molecule has 0 amide bonds. The Balaban J connectivity index is 0.999. The zero-order chi connectivity index (χ0) is 25.5. The maximum atomic E-state index is 3.13. The van der Waals surface area contributed by atoms with Gasteiger partial charge in [0.1, 0.15) is 31.4 Å². The lowest BCUT2D eigenvalue weighted by molar-refractivity contribution is -1.16. The molecular weight excluding hydrogens is 500 g/mol. The molecule has 25 fully saturated rings. The van der Waals surface area contributed by atoms with E-state index in [2.05, 4.69) is 45.2 Å². The highest BCUT2D eigenvalue weighted by atomic mass is 15.7. The molecule has 0 N–H and O–H groups in total. The van der Waals surface area contributed by atoms with Crippen molar-refractivity contribution in [1.82, 2.24) is 0 Å². The minimum Gasteiger partial charge on any atom is -0.0624 e. The van der Waals surface area contributed by atoms with Crippen LogP contribution in [0.15, 0.2) is 0 Å². The molecule has 0 radical (unpaired) electrons. The van der Waals surface area contributed by atoms with Gasteiger partial charge in [0.25, 0.3) is 0 Å². The highest BCUT2D eigenvalue weighted by Gasteiger charge is 3.64. The van der Waals surface area contributed by atoms with Gasteiger partial charge in [-0.25, -0.2) is 0 Å². The maximum Gasteiger partial charge on any atom is 0.110 e. The summed E-state index contributed by atoms with van der Waals surface area (Å²) in [6.45, 7) is 5.78. The third-order valence-corrected chi connectivity index (χ3v) is 34.5. The van der Waals surface area contributed by atoms with Crippen LogP contribution in [-0.2, 0) is 0 Å². The molecule has 34 unspecified atom stereocenters. The Morgan fingerprint density at radius 1 is 0.381 bits per heavy atom. The van der Waals surface area contributed by atoms with Gasteiger partial charge >= 0.3 is 0 Å². The van der Waals surface area contributed by atoms with Crippen molar-refractivity contribution in [3.8, 4) is 0 Å². The van der Waals surface area contributed by atoms with Crippen LogP contribution in [0.1, 0.15) is 26.7 Å². The molecule has 0 aromatic heterocycles. The van der Waals surface area contributed by atoms with Crippen molar-refractivity contribution in [2.24, 2.45) is 169 Å². The summed E-state index contributed by atoms with van der Waals surface area (Å²) in [6, 6.07) is 0. The molecule has 196 valence electrons. The van der Waals surface area contributed by atoms with Crippen LogP contribution in [0.3, 0.4) is 0 Å². The number of fused-ring (bicyclic) bond motifs is 12. The van der Waals surface area contributed by atoms with Gasteiger partial charge in [-0.1, -0.05) is 24.5 Å². The lowest BCUT2D eigenvalue weighted by Gasteiger charge is -3.63. The molecular formula is C38H32B4. The van der Waals surface area contributed by atoms with Gasteiger partial charge in [0, 0.05) is 0 Å². The summed E-state index contributed by atoms with van der Waals surface area (Å²) in [5.74, 6) is 17.8. The van der Waals surface area contributed by atoms with Crippen LogP contribution >= 0.6 is 0 Å². The maximum absolute atomic E-state index is 3.13. The van der Waals surface area contributed by atoms with E-state index in [-0.39, 0.29) is 0 Å². The molecule has 0 aromatic rings. The zero-order valence-electron chi connectivity index (χ0n) is 25.5. The minimum atomic E-state index is 0.722. The first-order valence-corrected chi connectivity index (χ1v) is 20.2. The Kier molecular flexibility index (Phi) is 0.967. The van der Waals surface area contributed by atoms with E-state index < -0.39 is 0 Å². The summed E-state index contributed by atoms with van der Waals surface area (Å²) in [6.07, 6.45) is 3.58. The Morgan fingerprint density at radius 3 is 1.14 bits per heavy atom. The Labute approximate surface area is 248 Å². The topological polar surface area (TPSA) is 0 Å². The van der Waals surface area contributed by atoms with E-state index in [0.29, 0.717) is 0 Å². The van der Waals surface area contributed by atoms with Gasteiger partial charge in [-0.15, -0.1) is 0 Å².